The Balaban J connectivity index is 2.16. The molecule has 6 heteroatoms. The highest BCUT2D eigenvalue weighted by Crippen LogP contribution is 2.28. The third-order valence-electron chi connectivity index (χ3n) is 3.00. The van der Waals surface area contributed by atoms with E-state index in [1.54, 1.807) is 12.1 Å². The van der Waals surface area contributed by atoms with Crippen molar-refractivity contribution >= 4 is 40.5 Å². The summed E-state index contributed by atoms with van der Waals surface area (Å²) < 4.78 is 0. The number of hydrogen-bond donors (Lipinski definition) is 3. The van der Waals surface area contributed by atoms with Crippen LogP contribution in [-0.4, -0.2) is 17.6 Å². The number of benzene rings is 2. The minimum absolute atomic E-state index is 0.0942. The van der Waals surface area contributed by atoms with E-state index in [0.29, 0.717) is 15.7 Å². The lowest BCUT2D eigenvalue weighted by Gasteiger charge is -2.11. The molecule has 2 rings (SSSR count). The van der Waals surface area contributed by atoms with Gasteiger partial charge in [-0.15, -0.1) is 0 Å². The lowest BCUT2D eigenvalue weighted by Crippen LogP contribution is -2.12. The Labute approximate surface area is 139 Å². The average Bonchev–Trinajstić information content (AvgIpc) is 2.50. The predicted molar refractivity (Wildman–Crippen MR) is 91.3 cm³/mol. The van der Waals surface area contributed by atoms with Crippen LogP contribution in [0.2, 0.25) is 10.0 Å². The number of anilines is 2. The molecule has 4 nitrogen and oxygen atoms in total. The summed E-state index contributed by atoms with van der Waals surface area (Å²) in [7, 11) is 0. The molecule has 0 aliphatic heterocycles. The van der Waals surface area contributed by atoms with Gasteiger partial charge >= 0.3 is 0 Å². The average molecular weight is 339 g/mol. The summed E-state index contributed by atoms with van der Waals surface area (Å²) in [5.74, 6) is -0.615. The maximum atomic E-state index is 12.2. The smallest absolute Gasteiger partial charge is 0.259 e. The summed E-state index contributed by atoms with van der Waals surface area (Å²) in [6.45, 7) is 2.92. The van der Waals surface area contributed by atoms with Gasteiger partial charge in [-0.2, -0.15) is 0 Å². The van der Waals surface area contributed by atoms with Crippen LogP contribution in [0.3, 0.4) is 0 Å². The Kier molecular flexibility index (Phi) is 5.52. The molecule has 3 N–H and O–H groups in total. The van der Waals surface area contributed by atoms with Crippen molar-refractivity contribution in [3.05, 3.63) is 52.0 Å². The summed E-state index contributed by atoms with van der Waals surface area (Å²) >= 11 is 12.0. The highest BCUT2D eigenvalue weighted by molar-refractivity contribution is 6.34. The number of aromatic hydroxyl groups is 1. The molecule has 0 saturated carbocycles. The fourth-order valence-electron chi connectivity index (χ4n) is 1.88. The number of carbonyl (C=O) groups is 1. The first-order chi connectivity index (χ1) is 10.5. The number of phenolic OH excluding ortho intramolecular Hbond substituents is 1. The van der Waals surface area contributed by atoms with Crippen LogP contribution in [0.25, 0.3) is 0 Å². The van der Waals surface area contributed by atoms with Crippen LogP contribution in [-0.2, 0) is 0 Å². The molecule has 1 amide bonds. The van der Waals surface area contributed by atoms with Gasteiger partial charge in [0.1, 0.15) is 5.75 Å². The van der Waals surface area contributed by atoms with Gasteiger partial charge in [0.15, 0.2) is 0 Å². The van der Waals surface area contributed by atoms with Crippen LogP contribution in [0, 0.1) is 0 Å². The van der Waals surface area contributed by atoms with Crippen molar-refractivity contribution in [1.82, 2.24) is 0 Å². The van der Waals surface area contributed by atoms with E-state index < -0.39 is 5.91 Å². The van der Waals surface area contributed by atoms with Gasteiger partial charge in [0.2, 0.25) is 0 Å². The van der Waals surface area contributed by atoms with Crippen LogP contribution in [0.15, 0.2) is 36.4 Å². The molecule has 2 aromatic carbocycles. The Hall–Kier alpha value is -1.91. The first-order valence-corrected chi connectivity index (χ1v) is 7.60. The molecule has 0 spiro atoms. The van der Waals surface area contributed by atoms with Crippen molar-refractivity contribution in [2.45, 2.75) is 13.3 Å². The van der Waals surface area contributed by atoms with Crippen LogP contribution in [0.5, 0.6) is 5.75 Å². The molecular weight excluding hydrogens is 323 g/mol. The highest BCUT2D eigenvalue weighted by atomic mass is 35.5. The zero-order valence-electron chi connectivity index (χ0n) is 12.0. The molecule has 0 fully saturated rings. The van der Waals surface area contributed by atoms with Gasteiger partial charge in [-0.25, -0.2) is 0 Å². The Morgan fingerprint density at radius 2 is 1.95 bits per heavy atom. The van der Waals surface area contributed by atoms with Crippen molar-refractivity contribution < 1.29 is 9.90 Å². The van der Waals surface area contributed by atoms with Gasteiger partial charge in [0.25, 0.3) is 5.91 Å². The van der Waals surface area contributed by atoms with E-state index >= 15 is 0 Å². The van der Waals surface area contributed by atoms with E-state index in [1.165, 1.54) is 18.2 Å². The Morgan fingerprint density at radius 3 is 2.64 bits per heavy atom. The summed E-state index contributed by atoms with van der Waals surface area (Å²) in [5.41, 5.74) is 1.44. The quantitative estimate of drug-likeness (QED) is 0.735. The van der Waals surface area contributed by atoms with Crippen molar-refractivity contribution in [2.24, 2.45) is 0 Å². The third-order valence-corrected chi connectivity index (χ3v) is 3.55. The maximum absolute atomic E-state index is 12.2. The molecular formula is C16H16Cl2N2O2. The summed E-state index contributed by atoms with van der Waals surface area (Å²) in [6, 6.07) is 9.56. The van der Waals surface area contributed by atoms with E-state index in [1.807, 2.05) is 6.07 Å². The predicted octanol–water partition coefficient (Wildman–Crippen LogP) is 4.77. The van der Waals surface area contributed by atoms with Crippen molar-refractivity contribution in [3.63, 3.8) is 0 Å². The number of halogens is 2. The zero-order chi connectivity index (χ0) is 16.1. The largest absolute Gasteiger partial charge is 0.507 e. The van der Waals surface area contributed by atoms with Gasteiger partial charge in [-0.3, -0.25) is 4.79 Å². The van der Waals surface area contributed by atoms with Crippen LogP contribution in [0.4, 0.5) is 11.4 Å². The van der Waals surface area contributed by atoms with Crippen molar-refractivity contribution in [1.29, 1.82) is 0 Å². The Bertz CT molecular complexity index is 690. The summed E-state index contributed by atoms with van der Waals surface area (Å²) in [5, 5.41) is 16.4. The van der Waals surface area contributed by atoms with Gasteiger partial charge < -0.3 is 15.7 Å². The lowest BCUT2D eigenvalue weighted by molar-refractivity contribution is 0.102. The van der Waals surface area contributed by atoms with E-state index in [0.717, 1.165) is 18.7 Å². The van der Waals surface area contributed by atoms with E-state index in [4.69, 9.17) is 23.2 Å². The minimum Gasteiger partial charge on any atom is -0.507 e. The van der Waals surface area contributed by atoms with Gasteiger partial charge in [-0.05, 0) is 42.8 Å². The second kappa shape index (κ2) is 7.38. The second-order valence-electron chi connectivity index (χ2n) is 4.74. The lowest BCUT2D eigenvalue weighted by atomic mass is 10.2. The molecule has 0 atom stereocenters. The molecule has 0 heterocycles. The van der Waals surface area contributed by atoms with Gasteiger partial charge in [0.05, 0.1) is 16.3 Å². The highest BCUT2D eigenvalue weighted by Gasteiger charge is 2.13. The number of nitrogens with one attached hydrogen (secondary N) is 2. The number of rotatable bonds is 5. The van der Waals surface area contributed by atoms with Crippen LogP contribution >= 0.6 is 23.2 Å². The maximum Gasteiger partial charge on any atom is 0.259 e. The molecule has 116 valence electrons. The Morgan fingerprint density at radius 1 is 1.18 bits per heavy atom. The molecule has 0 unspecified atom stereocenters. The normalized spacial score (nSPS) is 10.3. The topological polar surface area (TPSA) is 61.4 Å². The zero-order valence-corrected chi connectivity index (χ0v) is 13.5. The number of phenols is 1. The van der Waals surface area contributed by atoms with Crippen LogP contribution in [0.1, 0.15) is 23.7 Å². The van der Waals surface area contributed by atoms with E-state index in [9.17, 15) is 9.90 Å². The van der Waals surface area contributed by atoms with E-state index in [2.05, 4.69) is 17.6 Å². The first kappa shape index (κ1) is 16.5. The summed E-state index contributed by atoms with van der Waals surface area (Å²) in [6.07, 6.45) is 1.00. The first-order valence-electron chi connectivity index (χ1n) is 6.84. The monoisotopic (exact) mass is 338 g/mol. The number of hydrogen-bond acceptors (Lipinski definition) is 3. The summed E-state index contributed by atoms with van der Waals surface area (Å²) in [4.78, 5) is 12.2. The standard InChI is InChI=1S/C16H16Cl2N2O2/c1-2-7-19-11-4-5-14(13(18)9-11)20-16(22)12-8-10(17)3-6-15(12)21/h3-6,8-9,19,21H,2,7H2,1H3,(H,20,22). The second-order valence-corrected chi connectivity index (χ2v) is 5.58. The number of carbonyl (C=O) groups excluding carboxylic acids is 1. The molecule has 0 aliphatic carbocycles. The van der Waals surface area contributed by atoms with E-state index in [-0.39, 0.29) is 11.3 Å². The molecule has 0 bridgehead atoms. The SMILES string of the molecule is CCCNc1ccc(NC(=O)c2cc(Cl)ccc2O)c(Cl)c1. The fraction of sp³-hybridized carbons (Fsp3) is 0.188. The molecule has 2 aromatic rings. The van der Waals surface area contributed by atoms with Gasteiger partial charge in [-0.1, -0.05) is 30.1 Å². The van der Waals surface area contributed by atoms with Crippen molar-refractivity contribution in [3.8, 4) is 5.75 Å². The van der Waals surface area contributed by atoms with Crippen LogP contribution < -0.4 is 10.6 Å². The molecule has 0 aliphatic rings. The minimum atomic E-state index is -0.476. The fourth-order valence-corrected chi connectivity index (χ4v) is 2.28. The molecule has 0 aromatic heterocycles. The van der Waals surface area contributed by atoms with Gasteiger partial charge in [0, 0.05) is 17.3 Å². The molecule has 22 heavy (non-hydrogen) atoms. The molecule has 0 saturated heterocycles. The third kappa shape index (κ3) is 4.06. The molecule has 0 radical (unpaired) electrons. The number of amides is 1. The van der Waals surface area contributed by atoms with Crippen molar-refractivity contribution in [2.75, 3.05) is 17.2 Å².